The Bertz CT molecular complexity index is 843. The first-order chi connectivity index (χ1) is 12.4. The summed E-state index contributed by atoms with van der Waals surface area (Å²) in [6.45, 7) is 1.65. The van der Waals surface area contributed by atoms with Crippen molar-refractivity contribution in [2.24, 2.45) is 11.1 Å². The molecule has 2 aromatic rings. The molecular weight excluding hydrogens is 354 g/mol. The van der Waals surface area contributed by atoms with Crippen molar-refractivity contribution in [3.8, 4) is 0 Å². The molecule has 0 saturated carbocycles. The average molecular weight is 377 g/mol. The second kappa shape index (κ2) is 7.98. The Hall–Kier alpha value is -2.23. The van der Waals surface area contributed by atoms with Gasteiger partial charge in [-0.05, 0) is 30.0 Å². The lowest BCUT2D eigenvalue weighted by Crippen LogP contribution is -2.45. The van der Waals surface area contributed by atoms with Crippen molar-refractivity contribution >= 4 is 16.1 Å². The standard InChI is InChI=1S/C17H23N5O3S/c18-26(24,25)22-10-6-14(7-11-22)17(23)19-12-15-4-1-2-5-16(15)13-21-9-3-8-20-21/h1-5,8-9,14H,6-7,10-13H2,(H,19,23)(H2,18,24,25). The van der Waals surface area contributed by atoms with Crippen LogP contribution in [0, 0.1) is 5.92 Å². The van der Waals surface area contributed by atoms with Crippen LogP contribution in [0.25, 0.3) is 0 Å². The van der Waals surface area contributed by atoms with E-state index in [-0.39, 0.29) is 24.9 Å². The zero-order valence-electron chi connectivity index (χ0n) is 14.4. The molecule has 2 heterocycles. The first-order valence-electron chi connectivity index (χ1n) is 8.53. The molecule has 1 saturated heterocycles. The van der Waals surface area contributed by atoms with Crippen molar-refractivity contribution in [2.45, 2.75) is 25.9 Å². The smallest absolute Gasteiger partial charge is 0.276 e. The van der Waals surface area contributed by atoms with Gasteiger partial charge in [-0.1, -0.05) is 24.3 Å². The van der Waals surface area contributed by atoms with Crippen molar-refractivity contribution in [1.82, 2.24) is 19.4 Å². The molecule has 1 aliphatic heterocycles. The zero-order valence-corrected chi connectivity index (χ0v) is 15.2. The third kappa shape index (κ3) is 4.69. The Labute approximate surface area is 153 Å². The quantitative estimate of drug-likeness (QED) is 0.762. The summed E-state index contributed by atoms with van der Waals surface area (Å²) < 4.78 is 25.7. The maximum Gasteiger partial charge on any atom is 0.276 e. The summed E-state index contributed by atoms with van der Waals surface area (Å²) in [5.74, 6) is -0.237. The van der Waals surface area contributed by atoms with Crippen LogP contribution in [0.15, 0.2) is 42.7 Å². The fourth-order valence-electron chi connectivity index (χ4n) is 3.15. The number of hydrogen-bond donors (Lipinski definition) is 2. The lowest BCUT2D eigenvalue weighted by atomic mass is 9.97. The Kier molecular flexibility index (Phi) is 5.70. The van der Waals surface area contributed by atoms with Gasteiger partial charge in [0.15, 0.2) is 0 Å². The molecule has 9 heteroatoms. The lowest BCUT2D eigenvalue weighted by molar-refractivity contribution is -0.126. The molecule has 1 aromatic heterocycles. The number of nitrogens with two attached hydrogens (primary N) is 1. The number of piperidine rings is 1. The third-order valence-corrected chi connectivity index (χ3v) is 5.73. The van der Waals surface area contributed by atoms with Crippen molar-refractivity contribution in [3.63, 3.8) is 0 Å². The van der Waals surface area contributed by atoms with Crippen LogP contribution in [-0.2, 0) is 28.1 Å². The normalized spacial score (nSPS) is 16.5. The number of nitrogens with one attached hydrogen (secondary N) is 1. The molecule has 0 spiro atoms. The number of carbonyl (C=O) groups is 1. The predicted octanol–water partition coefficient (Wildman–Crippen LogP) is 0.463. The highest BCUT2D eigenvalue weighted by atomic mass is 32.2. The summed E-state index contributed by atoms with van der Waals surface area (Å²) in [5, 5.41) is 12.3. The molecule has 0 bridgehead atoms. The van der Waals surface area contributed by atoms with E-state index >= 15 is 0 Å². The van der Waals surface area contributed by atoms with Gasteiger partial charge < -0.3 is 5.32 Å². The molecule has 1 amide bonds. The highest BCUT2D eigenvalue weighted by Gasteiger charge is 2.29. The lowest BCUT2D eigenvalue weighted by Gasteiger charge is -2.29. The number of amides is 1. The fourth-order valence-corrected chi connectivity index (χ4v) is 3.87. The molecule has 1 aliphatic rings. The van der Waals surface area contributed by atoms with Gasteiger partial charge in [-0.2, -0.15) is 17.8 Å². The highest BCUT2D eigenvalue weighted by molar-refractivity contribution is 7.86. The minimum Gasteiger partial charge on any atom is -0.352 e. The van der Waals surface area contributed by atoms with E-state index in [4.69, 9.17) is 5.14 Å². The molecule has 3 N–H and O–H groups in total. The molecule has 1 aromatic carbocycles. The van der Waals surface area contributed by atoms with Crippen LogP contribution in [0.4, 0.5) is 0 Å². The number of aromatic nitrogens is 2. The summed E-state index contributed by atoms with van der Waals surface area (Å²) >= 11 is 0. The maximum atomic E-state index is 12.4. The van der Waals surface area contributed by atoms with Crippen LogP contribution in [0.2, 0.25) is 0 Å². The van der Waals surface area contributed by atoms with Crippen LogP contribution in [0.5, 0.6) is 0 Å². The van der Waals surface area contributed by atoms with E-state index < -0.39 is 10.2 Å². The Morgan fingerprint density at radius 1 is 1.19 bits per heavy atom. The van der Waals surface area contributed by atoms with E-state index in [1.807, 2.05) is 41.2 Å². The van der Waals surface area contributed by atoms with Crippen molar-refractivity contribution in [3.05, 3.63) is 53.9 Å². The van der Waals surface area contributed by atoms with Gasteiger partial charge in [0.25, 0.3) is 10.2 Å². The summed E-state index contributed by atoms with van der Waals surface area (Å²) in [5.41, 5.74) is 2.14. The molecular formula is C17H23N5O3S. The minimum atomic E-state index is -3.67. The molecule has 0 radical (unpaired) electrons. The van der Waals surface area contributed by atoms with E-state index in [2.05, 4.69) is 10.4 Å². The number of nitrogens with zero attached hydrogens (tertiary/aromatic N) is 3. The first-order valence-corrected chi connectivity index (χ1v) is 10.0. The number of benzene rings is 1. The summed E-state index contributed by atoms with van der Waals surface area (Å²) in [4.78, 5) is 12.4. The zero-order chi connectivity index (χ0) is 18.6. The van der Waals surface area contributed by atoms with Gasteiger partial charge in [-0.25, -0.2) is 5.14 Å². The van der Waals surface area contributed by atoms with E-state index in [0.717, 1.165) is 11.1 Å². The minimum absolute atomic E-state index is 0.0482. The largest absolute Gasteiger partial charge is 0.352 e. The molecule has 140 valence electrons. The second-order valence-electron chi connectivity index (χ2n) is 6.41. The summed E-state index contributed by atoms with van der Waals surface area (Å²) in [6, 6.07) is 9.79. The SMILES string of the molecule is NS(=O)(=O)N1CCC(C(=O)NCc2ccccc2Cn2cccn2)CC1. The first kappa shape index (κ1) is 18.6. The highest BCUT2D eigenvalue weighted by Crippen LogP contribution is 2.19. The Morgan fingerprint density at radius 2 is 1.88 bits per heavy atom. The van der Waals surface area contributed by atoms with E-state index in [9.17, 15) is 13.2 Å². The molecule has 3 rings (SSSR count). The monoisotopic (exact) mass is 377 g/mol. The molecule has 0 aliphatic carbocycles. The Balaban J connectivity index is 1.55. The topological polar surface area (TPSA) is 110 Å². The van der Waals surface area contributed by atoms with Crippen LogP contribution < -0.4 is 10.5 Å². The van der Waals surface area contributed by atoms with Crippen LogP contribution in [0.3, 0.4) is 0 Å². The van der Waals surface area contributed by atoms with Gasteiger partial charge in [-0.15, -0.1) is 0 Å². The average Bonchev–Trinajstić information content (AvgIpc) is 3.13. The van der Waals surface area contributed by atoms with Crippen molar-refractivity contribution < 1.29 is 13.2 Å². The predicted molar refractivity (Wildman–Crippen MR) is 97.0 cm³/mol. The van der Waals surface area contributed by atoms with Crippen LogP contribution in [0.1, 0.15) is 24.0 Å². The maximum absolute atomic E-state index is 12.4. The van der Waals surface area contributed by atoms with E-state index in [1.54, 1.807) is 6.20 Å². The molecule has 0 atom stereocenters. The van der Waals surface area contributed by atoms with Crippen LogP contribution in [-0.4, -0.2) is 41.5 Å². The van der Waals surface area contributed by atoms with Gasteiger partial charge >= 0.3 is 0 Å². The van der Waals surface area contributed by atoms with Gasteiger partial charge in [0.05, 0.1) is 6.54 Å². The van der Waals surface area contributed by atoms with Gasteiger partial charge in [0.2, 0.25) is 5.91 Å². The van der Waals surface area contributed by atoms with E-state index in [1.165, 1.54) is 4.31 Å². The van der Waals surface area contributed by atoms with Gasteiger partial charge in [0, 0.05) is 37.9 Å². The number of rotatable bonds is 6. The van der Waals surface area contributed by atoms with Crippen molar-refractivity contribution in [2.75, 3.05) is 13.1 Å². The van der Waals surface area contributed by atoms with Crippen molar-refractivity contribution in [1.29, 1.82) is 0 Å². The molecule has 8 nitrogen and oxygen atoms in total. The Morgan fingerprint density at radius 3 is 2.50 bits per heavy atom. The third-order valence-electron chi connectivity index (χ3n) is 4.65. The molecule has 26 heavy (non-hydrogen) atoms. The summed E-state index contributed by atoms with van der Waals surface area (Å²) in [7, 11) is -3.67. The molecule has 0 unspecified atom stereocenters. The van der Waals surface area contributed by atoms with Gasteiger partial charge in [0.1, 0.15) is 0 Å². The number of hydrogen-bond acceptors (Lipinski definition) is 4. The van der Waals surface area contributed by atoms with E-state index in [0.29, 0.717) is 25.9 Å². The number of carbonyl (C=O) groups excluding carboxylic acids is 1. The van der Waals surface area contributed by atoms with Gasteiger partial charge in [-0.3, -0.25) is 9.48 Å². The summed E-state index contributed by atoms with van der Waals surface area (Å²) in [6.07, 6.45) is 4.60. The molecule has 1 fully saturated rings. The van der Waals surface area contributed by atoms with Crippen LogP contribution >= 0.6 is 0 Å². The fraction of sp³-hybridized carbons (Fsp3) is 0.412. The second-order valence-corrected chi connectivity index (χ2v) is 7.95.